The highest BCUT2D eigenvalue weighted by Crippen LogP contribution is 2.23. The predicted molar refractivity (Wildman–Crippen MR) is 85.6 cm³/mol. The monoisotopic (exact) mass is 268 g/mol. The first-order chi connectivity index (χ1) is 9.11. The summed E-state index contributed by atoms with van der Waals surface area (Å²) in [5.41, 5.74) is 0. The summed E-state index contributed by atoms with van der Waals surface area (Å²) >= 11 is 0. The largest absolute Gasteiger partial charge is 0.316 e. The van der Waals surface area contributed by atoms with E-state index in [-0.39, 0.29) is 0 Å². The fourth-order valence-electron chi connectivity index (χ4n) is 3.05. The molecule has 0 saturated carbocycles. The first kappa shape index (κ1) is 17.0. The molecule has 1 heterocycles. The minimum Gasteiger partial charge on any atom is -0.316 e. The Bertz CT molecular complexity index is 215. The highest BCUT2D eigenvalue weighted by Gasteiger charge is 2.23. The third kappa shape index (κ3) is 7.31. The average Bonchev–Trinajstić information content (AvgIpc) is 2.37. The summed E-state index contributed by atoms with van der Waals surface area (Å²) in [5, 5.41) is 3.53. The van der Waals surface area contributed by atoms with Crippen LogP contribution in [0.3, 0.4) is 0 Å². The van der Waals surface area contributed by atoms with Crippen LogP contribution < -0.4 is 5.32 Å². The summed E-state index contributed by atoms with van der Waals surface area (Å²) in [4.78, 5) is 2.71. The van der Waals surface area contributed by atoms with Gasteiger partial charge in [-0.1, -0.05) is 33.6 Å². The molecule has 0 aromatic heterocycles. The fraction of sp³-hybridized carbons (Fsp3) is 1.00. The fourth-order valence-corrected chi connectivity index (χ4v) is 3.05. The quantitative estimate of drug-likeness (QED) is 0.638. The molecule has 1 N–H and O–H groups in total. The van der Waals surface area contributed by atoms with Gasteiger partial charge >= 0.3 is 0 Å². The van der Waals surface area contributed by atoms with Gasteiger partial charge in [-0.3, -0.25) is 0 Å². The summed E-state index contributed by atoms with van der Waals surface area (Å²) in [6.07, 6.45) is 8.37. The van der Waals surface area contributed by atoms with Crippen LogP contribution in [0, 0.1) is 11.8 Å². The SMILES string of the molecule is CC(C)CNCCCCCCN1CCCC(C)C1C. The van der Waals surface area contributed by atoms with E-state index in [1.165, 1.54) is 64.7 Å². The third-order valence-electron chi connectivity index (χ3n) is 4.61. The zero-order valence-corrected chi connectivity index (χ0v) is 13.8. The van der Waals surface area contributed by atoms with Crippen LogP contribution in [-0.4, -0.2) is 37.1 Å². The first-order valence-corrected chi connectivity index (χ1v) is 8.56. The molecule has 0 amide bonds. The molecular formula is C17H36N2. The second kappa shape index (κ2) is 9.77. The molecule has 0 radical (unpaired) electrons. The Balaban J connectivity index is 1.93. The number of piperidine rings is 1. The molecule has 2 heteroatoms. The van der Waals surface area contributed by atoms with E-state index >= 15 is 0 Å². The van der Waals surface area contributed by atoms with Crippen molar-refractivity contribution in [1.82, 2.24) is 10.2 Å². The molecule has 0 spiro atoms. The molecule has 1 aliphatic rings. The smallest absolute Gasteiger partial charge is 0.00925 e. The Morgan fingerprint density at radius 1 is 1.11 bits per heavy atom. The molecule has 2 unspecified atom stereocenters. The van der Waals surface area contributed by atoms with Gasteiger partial charge in [-0.15, -0.1) is 0 Å². The molecule has 1 rings (SSSR count). The summed E-state index contributed by atoms with van der Waals surface area (Å²) < 4.78 is 0. The maximum Gasteiger partial charge on any atom is 0.00925 e. The van der Waals surface area contributed by atoms with Gasteiger partial charge in [-0.25, -0.2) is 0 Å². The molecule has 19 heavy (non-hydrogen) atoms. The molecule has 0 bridgehead atoms. The highest BCUT2D eigenvalue weighted by molar-refractivity contribution is 4.78. The lowest BCUT2D eigenvalue weighted by atomic mass is 9.92. The van der Waals surface area contributed by atoms with Gasteiger partial charge in [0.1, 0.15) is 0 Å². The van der Waals surface area contributed by atoms with Crippen molar-refractivity contribution in [2.24, 2.45) is 11.8 Å². The van der Waals surface area contributed by atoms with E-state index < -0.39 is 0 Å². The molecule has 114 valence electrons. The maximum atomic E-state index is 3.53. The normalized spacial score (nSPS) is 25.1. The summed E-state index contributed by atoms with van der Waals surface area (Å²) in [6, 6.07) is 0.807. The van der Waals surface area contributed by atoms with Crippen LogP contribution in [0.4, 0.5) is 0 Å². The Morgan fingerprint density at radius 3 is 2.58 bits per heavy atom. The number of unbranched alkanes of at least 4 members (excludes halogenated alkanes) is 3. The lowest BCUT2D eigenvalue weighted by Gasteiger charge is -2.38. The summed E-state index contributed by atoms with van der Waals surface area (Å²) in [7, 11) is 0. The second-order valence-electron chi connectivity index (χ2n) is 6.91. The molecule has 2 atom stereocenters. The molecule has 1 aliphatic heterocycles. The Hall–Kier alpha value is -0.0800. The van der Waals surface area contributed by atoms with Crippen LogP contribution in [0.1, 0.15) is 66.2 Å². The zero-order valence-electron chi connectivity index (χ0n) is 13.8. The predicted octanol–water partition coefficient (Wildman–Crippen LogP) is 3.91. The van der Waals surface area contributed by atoms with Crippen LogP contribution in [0.25, 0.3) is 0 Å². The van der Waals surface area contributed by atoms with Crippen molar-refractivity contribution in [2.75, 3.05) is 26.2 Å². The van der Waals surface area contributed by atoms with E-state index in [4.69, 9.17) is 0 Å². The number of hydrogen-bond acceptors (Lipinski definition) is 2. The first-order valence-electron chi connectivity index (χ1n) is 8.56. The number of likely N-dealkylation sites (tertiary alicyclic amines) is 1. The van der Waals surface area contributed by atoms with Gasteiger partial charge in [-0.2, -0.15) is 0 Å². The van der Waals surface area contributed by atoms with Crippen molar-refractivity contribution in [2.45, 2.75) is 72.3 Å². The number of nitrogens with zero attached hydrogens (tertiary/aromatic N) is 1. The van der Waals surface area contributed by atoms with Crippen LogP contribution in [0.2, 0.25) is 0 Å². The van der Waals surface area contributed by atoms with Gasteiger partial charge in [0.15, 0.2) is 0 Å². The lowest BCUT2D eigenvalue weighted by Crippen LogP contribution is -2.42. The van der Waals surface area contributed by atoms with Gasteiger partial charge in [-0.05, 0) is 70.6 Å². The minimum atomic E-state index is 0.780. The Kier molecular flexibility index (Phi) is 8.72. The standard InChI is InChI=1S/C17H36N2/c1-15(2)14-18-11-7-5-6-8-12-19-13-9-10-16(3)17(19)4/h15-18H,5-14H2,1-4H3. The zero-order chi connectivity index (χ0) is 14.1. The minimum absolute atomic E-state index is 0.780. The summed E-state index contributed by atoms with van der Waals surface area (Å²) in [5.74, 6) is 1.68. The topological polar surface area (TPSA) is 15.3 Å². The van der Waals surface area contributed by atoms with E-state index in [1.807, 2.05) is 0 Å². The summed E-state index contributed by atoms with van der Waals surface area (Å²) in [6.45, 7) is 14.4. The van der Waals surface area contributed by atoms with Crippen molar-refractivity contribution in [3.63, 3.8) is 0 Å². The molecular weight excluding hydrogens is 232 g/mol. The van der Waals surface area contributed by atoms with Gasteiger partial charge in [0.05, 0.1) is 0 Å². The van der Waals surface area contributed by atoms with Crippen molar-refractivity contribution in [3.8, 4) is 0 Å². The van der Waals surface area contributed by atoms with E-state index in [2.05, 4.69) is 37.9 Å². The van der Waals surface area contributed by atoms with Crippen molar-refractivity contribution in [3.05, 3.63) is 0 Å². The number of nitrogens with one attached hydrogen (secondary N) is 1. The highest BCUT2D eigenvalue weighted by atomic mass is 15.2. The van der Waals surface area contributed by atoms with Crippen LogP contribution in [0.15, 0.2) is 0 Å². The molecule has 0 aromatic rings. The molecule has 1 saturated heterocycles. The van der Waals surface area contributed by atoms with Gasteiger partial charge < -0.3 is 10.2 Å². The van der Waals surface area contributed by atoms with Crippen molar-refractivity contribution >= 4 is 0 Å². The van der Waals surface area contributed by atoms with Crippen molar-refractivity contribution in [1.29, 1.82) is 0 Å². The average molecular weight is 268 g/mol. The maximum absolute atomic E-state index is 3.53. The van der Waals surface area contributed by atoms with Crippen LogP contribution in [-0.2, 0) is 0 Å². The number of hydrogen-bond donors (Lipinski definition) is 1. The second-order valence-corrected chi connectivity index (χ2v) is 6.91. The van der Waals surface area contributed by atoms with Crippen LogP contribution in [0.5, 0.6) is 0 Å². The molecule has 2 nitrogen and oxygen atoms in total. The molecule has 0 aliphatic carbocycles. The number of rotatable bonds is 9. The molecule has 1 fully saturated rings. The Morgan fingerprint density at radius 2 is 1.84 bits per heavy atom. The third-order valence-corrected chi connectivity index (χ3v) is 4.61. The molecule has 0 aromatic carbocycles. The lowest BCUT2D eigenvalue weighted by molar-refractivity contribution is 0.112. The van der Waals surface area contributed by atoms with E-state index in [1.54, 1.807) is 0 Å². The van der Waals surface area contributed by atoms with E-state index in [0.717, 1.165) is 17.9 Å². The van der Waals surface area contributed by atoms with E-state index in [0.29, 0.717) is 0 Å². The van der Waals surface area contributed by atoms with Gasteiger partial charge in [0.25, 0.3) is 0 Å². The van der Waals surface area contributed by atoms with Gasteiger partial charge in [0.2, 0.25) is 0 Å². The van der Waals surface area contributed by atoms with Crippen molar-refractivity contribution < 1.29 is 0 Å². The van der Waals surface area contributed by atoms with Crippen LogP contribution >= 0.6 is 0 Å². The van der Waals surface area contributed by atoms with E-state index in [9.17, 15) is 0 Å². The Labute approximate surface area is 121 Å². The van der Waals surface area contributed by atoms with Gasteiger partial charge in [0, 0.05) is 6.04 Å².